The first-order chi connectivity index (χ1) is 13.8. The highest BCUT2D eigenvalue weighted by Gasteiger charge is 2.25. The summed E-state index contributed by atoms with van der Waals surface area (Å²) in [7, 11) is 0. The molecule has 28 heavy (non-hydrogen) atoms. The fraction of sp³-hybridized carbons (Fsp3) is 0.409. The van der Waals surface area contributed by atoms with Gasteiger partial charge in [-0.25, -0.2) is 0 Å². The van der Waals surface area contributed by atoms with Gasteiger partial charge in [-0.15, -0.1) is 10.2 Å². The van der Waals surface area contributed by atoms with Gasteiger partial charge in [0.2, 0.25) is 0 Å². The normalized spacial score (nSPS) is 20.5. The van der Waals surface area contributed by atoms with E-state index in [1.54, 1.807) is 6.20 Å². The Morgan fingerprint density at radius 2 is 1.96 bits per heavy atom. The predicted molar refractivity (Wildman–Crippen MR) is 107 cm³/mol. The van der Waals surface area contributed by atoms with Gasteiger partial charge < -0.3 is 15.0 Å². The van der Waals surface area contributed by atoms with Crippen LogP contribution < -0.4 is 5.32 Å². The molecule has 0 bridgehead atoms. The molecule has 142 valence electrons. The molecule has 0 radical (unpaired) electrons. The monoisotopic (exact) mass is 373 g/mol. The van der Waals surface area contributed by atoms with Crippen LogP contribution >= 0.6 is 0 Å². The number of fused-ring (bicyclic) bond motifs is 1. The van der Waals surface area contributed by atoms with E-state index in [9.17, 15) is 5.26 Å². The van der Waals surface area contributed by atoms with Crippen molar-refractivity contribution in [3.63, 3.8) is 0 Å². The Morgan fingerprint density at radius 3 is 2.75 bits per heavy atom. The molecule has 1 aromatic carbocycles. The van der Waals surface area contributed by atoms with Crippen LogP contribution in [0.15, 0.2) is 30.5 Å². The molecule has 2 aromatic heterocycles. The number of nitriles is 1. The second-order valence-electron chi connectivity index (χ2n) is 7.69. The minimum atomic E-state index is 0.399. The minimum absolute atomic E-state index is 0.399. The van der Waals surface area contributed by atoms with Crippen molar-refractivity contribution in [3.8, 4) is 17.3 Å². The number of H-pyrrole nitrogens is 1. The number of aromatic nitrogens is 3. The molecule has 0 aliphatic carbocycles. The molecule has 3 aromatic rings. The summed E-state index contributed by atoms with van der Waals surface area (Å²) in [4.78, 5) is 3.01. The smallest absolute Gasteiger partial charge is 0.161 e. The number of hydrogen-bond acceptors (Lipinski definition) is 5. The summed E-state index contributed by atoms with van der Waals surface area (Å²) >= 11 is 0. The number of nitrogens with zero attached hydrogens (tertiary/aromatic N) is 3. The number of rotatable bonds is 3. The molecular formula is C22H23N5O. The quantitative estimate of drug-likeness (QED) is 0.729. The number of aromatic amines is 1. The van der Waals surface area contributed by atoms with Gasteiger partial charge in [0.25, 0.3) is 0 Å². The Kier molecular flexibility index (Phi) is 4.55. The van der Waals surface area contributed by atoms with Gasteiger partial charge in [0.1, 0.15) is 6.07 Å². The second-order valence-corrected chi connectivity index (χ2v) is 7.69. The Labute approximate surface area is 163 Å². The zero-order valence-corrected chi connectivity index (χ0v) is 15.7. The second kappa shape index (κ2) is 7.34. The highest BCUT2D eigenvalue weighted by atomic mass is 16.5. The van der Waals surface area contributed by atoms with Gasteiger partial charge in [-0.3, -0.25) is 0 Å². The van der Waals surface area contributed by atoms with Crippen LogP contribution in [-0.2, 0) is 4.74 Å². The lowest BCUT2D eigenvalue weighted by Crippen LogP contribution is -2.19. The molecule has 6 heteroatoms. The SMILES string of the molecule is N#Cc1c[nH]c2nnc(-c3ccc(C4CCOCC4)c(C4CCCN4)c3)cc12. The maximum atomic E-state index is 9.32. The van der Waals surface area contributed by atoms with E-state index in [0.29, 0.717) is 23.2 Å². The van der Waals surface area contributed by atoms with Crippen LogP contribution in [0.4, 0.5) is 0 Å². The summed E-state index contributed by atoms with van der Waals surface area (Å²) in [6.07, 6.45) is 6.23. The number of nitrogens with one attached hydrogen (secondary N) is 2. The fourth-order valence-corrected chi connectivity index (χ4v) is 4.52. The largest absolute Gasteiger partial charge is 0.381 e. The van der Waals surface area contributed by atoms with Gasteiger partial charge in [-0.2, -0.15) is 5.26 Å². The third-order valence-electron chi connectivity index (χ3n) is 6.04. The van der Waals surface area contributed by atoms with Crippen molar-refractivity contribution in [1.82, 2.24) is 20.5 Å². The number of hydrogen-bond donors (Lipinski definition) is 2. The van der Waals surface area contributed by atoms with Crippen molar-refractivity contribution in [1.29, 1.82) is 5.26 Å². The molecule has 1 atom stereocenters. The summed E-state index contributed by atoms with van der Waals surface area (Å²) in [6, 6.07) is 11.3. The van der Waals surface area contributed by atoms with E-state index in [1.165, 1.54) is 24.0 Å². The zero-order chi connectivity index (χ0) is 18.9. The molecular weight excluding hydrogens is 350 g/mol. The molecule has 0 saturated carbocycles. The molecule has 6 nitrogen and oxygen atoms in total. The predicted octanol–water partition coefficient (Wildman–Crippen LogP) is 3.82. The van der Waals surface area contributed by atoms with Gasteiger partial charge in [0, 0.05) is 36.4 Å². The summed E-state index contributed by atoms with van der Waals surface area (Å²) < 4.78 is 5.57. The van der Waals surface area contributed by atoms with Crippen molar-refractivity contribution >= 4 is 11.0 Å². The van der Waals surface area contributed by atoms with Gasteiger partial charge >= 0.3 is 0 Å². The first kappa shape index (κ1) is 17.4. The van der Waals surface area contributed by atoms with Crippen LogP contribution in [-0.4, -0.2) is 34.9 Å². The average molecular weight is 373 g/mol. The van der Waals surface area contributed by atoms with Crippen molar-refractivity contribution in [2.45, 2.75) is 37.6 Å². The van der Waals surface area contributed by atoms with Crippen molar-refractivity contribution in [3.05, 3.63) is 47.2 Å². The lowest BCUT2D eigenvalue weighted by Gasteiger charge is -2.27. The lowest BCUT2D eigenvalue weighted by atomic mass is 9.84. The molecule has 2 saturated heterocycles. The maximum Gasteiger partial charge on any atom is 0.161 e. The van der Waals surface area contributed by atoms with E-state index in [0.717, 1.165) is 49.2 Å². The molecule has 5 rings (SSSR count). The highest BCUT2D eigenvalue weighted by Crippen LogP contribution is 2.37. The fourth-order valence-electron chi connectivity index (χ4n) is 4.52. The van der Waals surface area contributed by atoms with E-state index < -0.39 is 0 Å². The standard InChI is InChI=1S/C22H23N5O/c23-12-16-13-25-22-18(16)11-21(26-27-22)15-3-4-17(14-5-8-28-9-6-14)19(10-15)20-2-1-7-24-20/h3-4,10-11,13-14,20,24H,1-2,5-9H2,(H,25,27). The molecule has 4 heterocycles. The topological polar surface area (TPSA) is 86.6 Å². The summed E-state index contributed by atoms with van der Waals surface area (Å²) in [5.41, 5.74) is 5.94. The van der Waals surface area contributed by atoms with Crippen LogP contribution in [0, 0.1) is 11.3 Å². The van der Waals surface area contributed by atoms with Crippen LogP contribution in [0.3, 0.4) is 0 Å². The first-order valence-corrected chi connectivity index (χ1v) is 10.0. The number of ether oxygens (including phenoxy) is 1. The van der Waals surface area contributed by atoms with Gasteiger partial charge in [-0.1, -0.05) is 12.1 Å². The number of benzene rings is 1. The Morgan fingerprint density at radius 1 is 1.07 bits per heavy atom. The van der Waals surface area contributed by atoms with Crippen molar-refractivity contribution < 1.29 is 4.74 Å². The molecule has 1 unspecified atom stereocenters. The van der Waals surface area contributed by atoms with Crippen molar-refractivity contribution in [2.75, 3.05) is 19.8 Å². The Balaban J connectivity index is 1.58. The summed E-state index contributed by atoms with van der Waals surface area (Å²) in [5.74, 6) is 0.559. The Hall–Kier alpha value is -2.75. The van der Waals surface area contributed by atoms with Crippen molar-refractivity contribution in [2.24, 2.45) is 0 Å². The molecule has 2 aliphatic rings. The average Bonchev–Trinajstić information content (AvgIpc) is 3.43. The van der Waals surface area contributed by atoms with E-state index in [1.807, 2.05) is 6.07 Å². The van der Waals surface area contributed by atoms with Crippen LogP contribution in [0.2, 0.25) is 0 Å². The van der Waals surface area contributed by atoms with E-state index in [-0.39, 0.29) is 0 Å². The molecule has 2 N–H and O–H groups in total. The maximum absolute atomic E-state index is 9.32. The Bertz CT molecular complexity index is 1040. The van der Waals surface area contributed by atoms with Gasteiger partial charge in [0.05, 0.1) is 11.3 Å². The highest BCUT2D eigenvalue weighted by molar-refractivity contribution is 5.85. The zero-order valence-electron chi connectivity index (χ0n) is 15.7. The molecule has 2 fully saturated rings. The molecule has 0 amide bonds. The lowest BCUT2D eigenvalue weighted by molar-refractivity contribution is 0.0851. The van der Waals surface area contributed by atoms with Crippen LogP contribution in [0.1, 0.15) is 54.3 Å². The molecule has 2 aliphatic heterocycles. The van der Waals surface area contributed by atoms with Gasteiger partial charge in [0.15, 0.2) is 5.65 Å². The van der Waals surface area contributed by atoms with E-state index >= 15 is 0 Å². The van der Waals surface area contributed by atoms with E-state index in [2.05, 4.69) is 44.8 Å². The van der Waals surface area contributed by atoms with Gasteiger partial charge in [-0.05, 0) is 61.4 Å². The first-order valence-electron chi connectivity index (χ1n) is 10.0. The van der Waals surface area contributed by atoms with E-state index in [4.69, 9.17) is 4.74 Å². The third kappa shape index (κ3) is 3.07. The van der Waals surface area contributed by atoms with Crippen LogP contribution in [0.5, 0.6) is 0 Å². The van der Waals surface area contributed by atoms with Crippen LogP contribution in [0.25, 0.3) is 22.3 Å². The summed E-state index contributed by atoms with van der Waals surface area (Å²) in [5, 5.41) is 22.5. The minimum Gasteiger partial charge on any atom is -0.381 e. The molecule has 0 spiro atoms. The summed E-state index contributed by atoms with van der Waals surface area (Å²) in [6.45, 7) is 2.76. The third-order valence-corrected chi connectivity index (χ3v) is 6.04.